The minimum Gasteiger partial charge on any atom is -0.473 e. The maximum atomic E-state index is 12.5. The number of aryl methyl sites for hydroxylation is 1. The molecule has 156 valence electrons. The summed E-state index contributed by atoms with van der Waals surface area (Å²) in [5.41, 5.74) is 6.74. The third kappa shape index (κ3) is 3.38. The molecule has 3 aromatic carbocycles. The van der Waals surface area contributed by atoms with Crippen LogP contribution in [0, 0.1) is 6.92 Å². The first kappa shape index (κ1) is 19.4. The fourth-order valence-electron chi connectivity index (χ4n) is 4.51. The van der Waals surface area contributed by atoms with Crippen LogP contribution in [0.2, 0.25) is 0 Å². The number of benzene rings is 3. The van der Waals surface area contributed by atoms with Crippen LogP contribution in [0.5, 0.6) is 5.75 Å². The summed E-state index contributed by atoms with van der Waals surface area (Å²) in [6.07, 6.45) is 0. The van der Waals surface area contributed by atoms with Crippen LogP contribution in [-0.2, 0) is 6.54 Å². The summed E-state index contributed by atoms with van der Waals surface area (Å²) in [4.78, 5) is 14.7. The SMILES string of the molecule is Cc1cccc(C(C)C)c1N1COc2ccc3c(-c4ccccc4)cc(=O)oc3c2C1. The Balaban J connectivity index is 1.67. The molecule has 2 heterocycles. The average Bonchev–Trinajstić information content (AvgIpc) is 2.78. The summed E-state index contributed by atoms with van der Waals surface area (Å²) < 4.78 is 11.9. The molecule has 0 atom stereocenters. The van der Waals surface area contributed by atoms with Gasteiger partial charge < -0.3 is 14.1 Å². The van der Waals surface area contributed by atoms with Crippen molar-refractivity contribution in [3.05, 3.63) is 93.8 Å². The van der Waals surface area contributed by atoms with Crippen LogP contribution < -0.4 is 15.3 Å². The second-order valence-electron chi connectivity index (χ2n) is 8.40. The predicted molar refractivity (Wildman–Crippen MR) is 125 cm³/mol. The molecule has 1 aliphatic heterocycles. The number of rotatable bonds is 3. The van der Waals surface area contributed by atoms with E-state index in [1.807, 2.05) is 42.5 Å². The Hall–Kier alpha value is -3.53. The molecule has 0 amide bonds. The van der Waals surface area contributed by atoms with E-state index in [-0.39, 0.29) is 5.63 Å². The Morgan fingerprint density at radius 3 is 2.55 bits per heavy atom. The van der Waals surface area contributed by atoms with E-state index < -0.39 is 0 Å². The van der Waals surface area contributed by atoms with Gasteiger partial charge in [0, 0.05) is 17.1 Å². The first-order chi connectivity index (χ1) is 15.0. The third-order valence-electron chi connectivity index (χ3n) is 5.99. The fraction of sp³-hybridized carbons (Fsp3) is 0.222. The lowest BCUT2D eigenvalue weighted by Crippen LogP contribution is -2.33. The Morgan fingerprint density at radius 1 is 0.968 bits per heavy atom. The summed E-state index contributed by atoms with van der Waals surface area (Å²) in [6, 6.07) is 21.9. The minimum atomic E-state index is -0.351. The van der Waals surface area contributed by atoms with E-state index in [0.29, 0.717) is 24.8 Å². The van der Waals surface area contributed by atoms with Gasteiger partial charge in [0.2, 0.25) is 0 Å². The lowest BCUT2D eigenvalue weighted by atomic mass is 9.96. The topological polar surface area (TPSA) is 42.7 Å². The Labute approximate surface area is 181 Å². The first-order valence-electron chi connectivity index (χ1n) is 10.7. The third-order valence-corrected chi connectivity index (χ3v) is 5.99. The number of para-hydroxylation sites is 1. The van der Waals surface area contributed by atoms with Gasteiger partial charge in [-0.3, -0.25) is 0 Å². The zero-order valence-electron chi connectivity index (χ0n) is 18.0. The average molecular weight is 412 g/mol. The van der Waals surface area contributed by atoms with Crippen molar-refractivity contribution in [2.75, 3.05) is 11.6 Å². The van der Waals surface area contributed by atoms with Crippen molar-refractivity contribution in [3.8, 4) is 16.9 Å². The minimum absolute atomic E-state index is 0.351. The summed E-state index contributed by atoms with van der Waals surface area (Å²) >= 11 is 0. The molecule has 0 bridgehead atoms. The Bertz CT molecular complexity index is 1320. The van der Waals surface area contributed by atoms with E-state index in [9.17, 15) is 4.79 Å². The van der Waals surface area contributed by atoms with Gasteiger partial charge in [0.1, 0.15) is 11.3 Å². The molecule has 4 heteroatoms. The summed E-state index contributed by atoms with van der Waals surface area (Å²) in [5, 5.41) is 0.920. The van der Waals surface area contributed by atoms with Crippen molar-refractivity contribution in [2.24, 2.45) is 0 Å². The van der Waals surface area contributed by atoms with Gasteiger partial charge in [0.05, 0.1) is 12.1 Å². The maximum Gasteiger partial charge on any atom is 0.336 e. The van der Waals surface area contributed by atoms with Gasteiger partial charge in [-0.15, -0.1) is 0 Å². The zero-order valence-corrected chi connectivity index (χ0v) is 18.0. The molecule has 5 rings (SSSR count). The highest BCUT2D eigenvalue weighted by molar-refractivity contribution is 5.96. The van der Waals surface area contributed by atoms with Crippen molar-refractivity contribution >= 4 is 16.7 Å². The molecule has 1 aliphatic rings. The van der Waals surface area contributed by atoms with E-state index in [1.54, 1.807) is 6.07 Å². The molecule has 31 heavy (non-hydrogen) atoms. The van der Waals surface area contributed by atoms with E-state index in [1.165, 1.54) is 16.8 Å². The molecule has 4 nitrogen and oxygen atoms in total. The van der Waals surface area contributed by atoms with Gasteiger partial charge in [0.25, 0.3) is 0 Å². The standard InChI is InChI=1S/C27H25NO3/c1-17(2)20-11-7-8-18(3)26(20)28-15-23-24(30-16-28)13-12-21-22(14-25(29)31-27(21)23)19-9-5-4-6-10-19/h4-14,17H,15-16H2,1-3H3. The molecule has 0 saturated carbocycles. The fourth-order valence-corrected chi connectivity index (χ4v) is 4.51. The van der Waals surface area contributed by atoms with Crippen molar-refractivity contribution in [1.29, 1.82) is 0 Å². The van der Waals surface area contributed by atoms with Gasteiger partial charge in [-0.1, -0.05) is 62.4 Å². The highest BCUT2D eigenvalue weighted by Crippen LogP contribution is 2.39. The largest absolute Gasteiger partial charge is 0.473 e. The van der Waals surface area contributed by atoms with Crippen LogP contribution in [0.3, 0.4) is 0 Å². The second-order valence-corrected chi connectivity index (χ2v) is 8.40. The van der Waals surface area contributed by atoms with Crippen molar-refractivity contribution < 1.29 is 9.15 Å². The molecule has 0 fully saturated rings. The van der Waals surface area contributed by atoms with E-state index in [4.69, 9.17) is 9.15 Å². The van der Waals surface area contributed by atoms with Gasteiger partial charge >= 0.3 is 5.63 Å². The van der Waals surface area contributed by atoms with Gasteiger partial charge in [-0.2, -0.15) is 0 Å². The highest BCUT2D eigenvalue weighted by atomic mass is 16.5. The molecular formula is C27H25NO3. The number of fused-ring (bicyclic) bond motifs is 3. The number of anilines is 1. The summed E-state index contributed by atoms with van der Waals surface area (Å²) in [6.45, 7) is 7.63. The zero-order chi connectivity index (χ0) is 21.5. The number of ether oxygens (including phenoxy) is 1. The number of hydrogen-bond donors (Lipinski definition) is 0. The number of hydrogen-bond acceptors (Lipinski definition) is 4. The van der Waals surface area contributed by atoms with Crippen LogP contribution in [0.25, 0.3) is 22.1 Å². The highest BCUT2D eigenvalue weighted by Gasteiger charge is 2.25. The molecule has 0 N–H and O–H groups in total. The lowest BCUT2D eigenvalue weighted by molar-refractivity contribution is 0.288. The second kappa shape index (κ2) is 7.62. The van der Waals surface area contributed by atoms with Crippen LogP contribution >= 0.6 is 0 Å². The lowest BCUT2D eigenvalue weighted by Gasteiger charge is -2.34. The van der Waals surface area contributed by atoms with Crippen LogP contribution in [-0.4, -0.2) is 6.73 Å². The quantitative estimate of drug-likeness (QED) is 0.374. The van der Waals surface area contributed by atoms with Gasteiger partial charge in [-0.25, -0.2) is 4.79 Å². The normalized spacial score (nSPS) is 13.4. The van der Waals surface area contributed by atoms with Crippen molar-refractivity contribution in [1.82, 2.24) is 0 Å². The maximum absolute atomic E-state index is 12.5. The predicted octanol–water partition coefficient (Wildman–Crippen LogP) is 6.25. The van der Waals surface area contributed by atoms with Crippen molar-refractivity contribution in [3.63, 3.8) is 0 Å². The van der Waals surface area contributed by atoms with Gasteiger partial charge in [-0.05, 0) is 47.2 Å². The van der Waals surface area contributed by atoms with E-state index >= 15 is 0 Å². The van der Waals surface area contributed by atoms with E-state index in [0.717, 1.165) is 27.8 Å². The molecule has 0 saturated heterocycles. The molecule has 0 aliphatic carbocycles. The molecular weight excluding hydrogens is 386 g/mol. The Morgan fingerprint density at radius 2 is 1.77 bits per heavy atom. The molecule has 0 unspecified atom stereocenters. The monoisotopic (exact) mass is 411 g/mol. The number of nitrogens with zero attached hydrogens (tertiary/aromatic N) is 1. The summed E-state index contributed by atoms with van der Waals surface area (Å²) in [7, 11) is 0. The Kier molecular flexibility index (Phi) is 4.78. The molecule has 0 radical (unpaired) electrons. The first-order valence-corrected chi connectivity index (χ1v) is 10.7. The summed E-state index contributed by atoms with van der Waals surface area (Å²) in [5.74, 6) is 1.17. The smallest absolute Gasteiger partial charge is 0.336 e. The van der Waals surface area contributed by atoms with Crippen LogP contribution in [0.4, 0.5) is 5.69 Å². The van der Waals surface area contributed by atoms with E-state index in [2.05, 4.69) is 43.9 Å². The van der Waals surface area contributed by atoms with Crippen molar-refractivity contribution in [2.45, 2.75) is 33.2 Å². The molecule has 0 spiro atoms. The van der Waals surface area contributed by atoms with Gasteiger partial charge in [0.15, 0.2) is 6.73 Å². The van der Waals surface area contributed by atoms with Crippen LogP contribution in [0.15, 0.2) is 75.9 Å². The molecule has 4 aromatic rings. The molecule has 1 aromatic heterocycles. The van der Waals surface area contributed by atoms with Crippen LogP contribution in [0.1, 0.15) is 36.5 Å².